The third kappa shape index (κ3) is 4.27. The van der Waals surface area contributed by atoms with Crippen molar-refractivity contribution in [2.24, 2.45) is 0 Å². The van der Waals surface area contributed by atoms with Gasteiger partial charge in [-0.2, -0.15) is 0 Å². The Hall–Kier alpha value is -0.940. The Morgan fingerprint density at radius 2 is 1.71 bits per heavy atom. The molecule has 21 heavy (non-hydrogen) atoms. The van der Waals surface area contributed by atoms with Crippen LogP contribution in [0.4, 0.5) is 0 Å². The molecule has 2 saturated heterocycles. The molecule has 0 bridgehead atoms. The summed E-state index contributed by atoms with van der Waals surface area (Å²) in [4.78, 5) is 21.5. The predicted molar refractivity (Wildman–Crippen MR) is 85.4 cm³/mol. The van der Waals surface area contributed by atoms with Gasteiger partial charge < -0.3 is 4.90 Å². The molecule has 2 aliphatic heterocycles. The average Bonchev–Trinajstić information content (AvgIpc) is 3.05. The number of hydrogen-bond donors (Lipinski definition) is 0. The van der Waals surface area contributed by atoms with Gasteiger partial charge in [-0.05, 0) is 38.8 Å². The van der Waals surface area contributed by atoms with Crippen LogP contribution in [0.5, 0.6) is 0 Å². The molecule has 0 radical (unpaired) electrons. The van der Waals surface area contributed by atoms with E-state index in [0.29, 0.717) is 6.42 Å². The third-order valence-corrected chi connectivity index (χ3v) is 5.33. The van der Waals surface area contributed by atoms with E-state index < -0.39 is 0 Å². The lowest BCUT2D eigenvalue weighted by Crippen LogP contribution is -2.33. The van der Waals surface area contributed by atoms with E-state index in [2.05, 4.69) is 15.3 Å². The number of hydrogen-bond acceptors (Lipinski definition) is 4. The molecule has 0 saturated carbocycles. The van der Waals surface area contributed by atoms with Gasteiger partial charge in [0.2, 0.25) is 5.91 Å². The number of carbonyl (C=O) groups is 1. The summed E-state index contributed by atoms with van der Waals surface area (Å²) in [5, 5.41) is 3.23. The van der Waals surface area contributed by atoms with Gasteiger partial charge in [0.25, 0.3) is 0 Å². The molecule has 116 valence electrons. The van der Waals surface area contributed by atoms with Crippen molar-refractivity contribution in [1.82, 2.24) is 14.8 Å². The van der Waals surface area contributed by atoms with Crippen molar-refractivity contribution in [3.8, 4) is 0 Å². The molecule has 4 nitrogen and oxygen atoms in total. The van der Waals surface area contributed by atoms with Crippen LogP contribution in [-0.4, -0.2) is 46.9 Å². The van der Waals surface area contributed by atoms with Gasteiger partial charge in [0.1, 0.15) is 5.01 Å². The smallest absolute Gasteiger partial charge is 0.228 e. The molecule has 0 unspecified atom stereocenters. The lowest BCUT2D eigenvalue weighted by molar-refractivity contribution is -0.130. The van der Waals surface area contributed by atoms with Crippen molar-refractivity contribution in [2.45, 2.75) is 51.5 Å². The molecule has 0 aliphatic carbocycles. The number of carbonyl (C=O) groups excluding carboxylic acids is 1. The first kappa shape index (κ1) is 15.0. The van der Waals surface area contributed by atoms with Gasteiger partial charge in [-0.15, -0.1) is 11.3 Å². The number of aromatic nitrogens is 1. The highest BCUT2D eigenvalue weighted by molar-refractivity contribution is 7.09. The van der Waals surface area contributed by atoms with Gasteiger partial charge >= 0.3 is 0 Å². The van der Waals surface area contributed by atoms with Crippen LogP contribution in [0.1, 0.15) is 49.2 Å². The zero-order valence-corrected chi connectivity index (χ0v) is 13.5. The third-order valence-electron chi connectivity index (χ3n) is 4.45. The van der Waals surface area contributed by atoms with Crippen LogP contribution >= 0.6 is 11.3 Å². The van der Waals surface area contributed by atoms with Gasteiger partial charge in [0, 0.05) is 18.5 Å². The topological polar surface area (TPSA) is 36.4 Å². The van der Waals surface area contributed by atoms with Crippen LogP contribution in [0.3, 0.4) is 0 Å². The number of nitrogens with zero attached hydrogens (tertiary/aromatic N) is 3. The summed E-state index contributed by atoms with van der Waals surface area (Å²) >= 11 is 1.71. The average molecular weight is 307 g/mol. The Kier molecular flexibility index (Phi) is 5.25. The minimum Gasteiger partial charge on any atom is -0.342 e. The molecule has 2 fully saturated rings. The van der Waals surface area contributed by atoms with E-state index in [1.807, 2.05) is 4.90 Å². The van der Waals surface area contributed by atoms with Gasteiger partial charge in [0.15, 0.2) is 0 Å². The van der Waals surface area contributed by atoms with Crippen LogP contribution in [-0.2, 0) is 17.8 Å². The van der Waals surface area contributed by atoms with Gasteiger partial charge in [0.05, 0.1) is 18.7 Å². The van der Waals surface area contributed by atoms with Gasteiger partial charge in [-0.1, -0.05) is 12.8 Å². The van der Waals surface area contributed by atoms with Crippen molar-refractivity contribution >= 4 is 17.2 Å². The predicted octanol–water partition coefficient (Wildman–Crippen LogP) is 2.68. The quantitative estimate of drug-likeness (QED) is 0.858. The second kappa shape index (κ2) is 7.36. The zero-order chi connectivity index (χ0) is 14.5. The van der Waals surface area contributed by atoms with Crippen LogP contribution in [0.15, 0.2) is 5.38 Å². The van der Waals surface area contributed by atoms with Crippen molar-refractivity contribution in [3.63, 3.8) is 0 Å². The van der Waals surface area contributed by atoms with E-state index in [4.69, 9.17) is 0 Å². The molecule has 0 spiro atoms. The molecule has 0 atom stereocenters. The SMILES string of the molecule is O=C(Cc1csc(CN2CCCC2)n1)N1CCCCCC1. The Bertz CT molecular complexity index is 460. The second-order valence-corrected chi connectivity index (χ2v) is 7.13. The second-order valence-electron chi connectivity index (χ2n) is 6.19. The fraction of sp³-hybridized carbons (Fsp3) is 0.750. The molecule has 0 aromatic carbocycles. The lowest BCUT2D eigenvalue weighted by Gasteiger charge is -2.19. The van der Waals surface area contributed by atoms with E-state index in [1.165, 1.54) is 38.8 Å². The summed E-state index contributed by atoms with van der Waals surface area (Å²) in [5.41, 5.74) is 0.962. The summed E-state index contributed by atoms with van der Waals surface area (Å²) in [6, 6.07) is 0. The maximum Gasteiger partial charge on any atom is 0.228 e. The van der Waals surface area contributed by atoms with Gasteiger partial charge in [-0.25, -0.2) is 4.98 Å². The van der Waals surface area contributed by atoms with Crippen molar-refractivity contribution in [2.75, 3.05) is 26.2 Å². The fourth-order valence-electron chi connectivity index (χ4n) is 3.22. The number of likely N-dealkylation sites (tertiary alicyclic amines) is 2. The summed E-state index contributed by atoms with van der Waals surface area (Å²) in [6.07, 6.45) is 7.95. The Labute approximate surface area is 131 Å². The normalized spacial score (nSPS) is 20.7. The van der Waals surface area contributed by atoms with Crippen molar-refractivity contribution in [3.05, 3.63) is 16.1 Å². The highest BCUT2D eigenvalue weighted by Crippen LogP contribution is 2.17. The Balaban J connectivity index is 1.52. The molecular weight excluding hydrogens is 282 g/mol. The van der Waals surface area contributed by atoms with Crippen LogP contribution in [0.2, 0.25) is 0 Å². The maximum absolute atomic E-state index is 12.4. The van der Waals surface area contributed by atoms with Crippen molar-refractivity contribution in [1.29, 1.82) is 0 Å². The minimum atomic E-state index is 0.259. The number of thiazole rings is 1. The Morgan fingerprint density at radius 1 is 1.05 bits per heavy atom. The molecule has 1 aromatic rings. The minimum absolute atomic E-state index is 0.259. The Morgan fingerprint density at radius 3 is 2.43 bits per heavy atom. The van der Waals surface area contributed by atoms with Crippen LogP contribution in [0, 0.1) is 0 Å². The summed E-state index contributed by atoms with van der Waals surface area (Å²) in [7, 11) is 0. The van der Waals surface area contributed by atoms with Crippen LogP contribution < -0.4 is 0 Å². The van der Waals surface area contributed by atoms with E-state index in [0.717, 1.165) is 43.2 Å². The molecule has 3 heterocycles. The van der Waals surface area contributed by atoms with Crippen molar-refractivity contribution < 1.29 is 4.79 Å². The van der Waals surface area contributed by atoms with E-state index in [1.54, 1.807) is 11.3 Å². The van der Waals surface area contributed by atoms with Crippen LogP contribution in [0.25, 0.3) is 0 Å². The lowest BCUT2D eigenvalue weighted by atomic mass is 10.2. The number of rotatable bonds is 4. The van der Waals surface area contributed by atoms with E-state index >= 15 is 0 Å². The fourth-order valence-corrected chi connectivity index (χ4v) is 4.06. The number of amides is 1. The first-order valence-electron chi connectivity index (χ1n) is 8.25. The highest BCUT2D eigenvalue weighted by atomic mass is 32.1. The molecule has 2 aliphatic rings. The molecule has 5 heteroatoms. The van der Waals surface area contributed by atoms with E-state index in [9.17, 15) is 4.79 Å². The molecule has 1 amide bonds. The highest BCUT2D eigenvalue weighted by Gasteiger charge is 2.18. The summed E-state index contributed by atoms with van der Waals surface area (Å²) < 4.78 is 0. The van der Waals surface area contributed by atoms with E-state index in [-0.39, 0.29) is 5.91 Å². The van der Waals surface area contributed by atoms with Gasteiger partial charge in [-0.3, -0.25) is 9.69 Å². The molecule has 1 aromatic heterocycles. The maximum atomic E-state index is 12.4. The largest absolute Gasteiger partial charge is 0.342 e. The first-order valence-corrected chi connectivity index (χ1v) is 9.12. The monoisotopic (exact) mass is 307 g/mol. The molecular formula is C16H25N3OS. The first-order chi connectivity index (χ1) is 10.3. The zero-order valence-electron chi connectivity index (χ0n) is 12.7. The summed E-state index contributed by atoms with van der Waals surface area (Å²) in [6.45, 7) is 5.22. The standard InChI is InChI=1S/C16H25N3OS/c20-16(19-9-3-1-2-4-10-19)11-14-13-21-15(17-14)12-18-7-5-6-8-18/h13H,1-12H2. The molecule has 0 N–H and O–H groups in total. The molecule has 3 rings (SSSR count). The summed E-state index contributed by atoms with van der Waals surface area (Å²) in [5.74, 6) is 0.259.